The van der Waals surface area contributed by atoms with Crippen LogP contribution in [-0.4, -0.2) is 14.1 Å². The highest BCUT2D eigenvalue weighted by Gasteiger charge is 2.17. The van der Waals surface area contributed by atoms with Crippen LogP contribution in [0.1, 0.15) is 18.7 Å². The fourth-order valence-corrected chi connectivity index (χ4v) is 3.69. The van der Waals surface area contributed by atoms with Gasteiger partial charge in [-0.05, 0) is 28.9 Å². The van der Waals surface area contributed by atoms with E-state index in [2.05, 4.69) is 42.1 Å². The Labute approximate surface area is 122 Å². The van der Waals surface area contributed by atoms with Gasteiger partial charge in [0, 0.05) is 41.9 Å². The van der Waals surface area contributed by atoms with Crippen LogP contribution in [0.5, 0.6) is 0 Å². The molecule has 0 amide bonds. The zero-order valence-corrected chi connectivity index (χ0v) is 13.4. The molecule has 0 spiro atoms. The van der Waals surface area contributed by atoms with Gasteiger partial charge >= 0.3 is 0 Å². The number of aliphatic hydroxyl groups excluding tert-OH is 1. The molecule has 0 bridgehead atoms. The van der Waals surface area contributed by atoms with Gasteiger partial charge in [-0.25, -0.2) is 4.98 Å². The van der Waals surface area contributed by atoms with Crippen LogP contribution in [0.2, 0.25) is 5.02 Å². The molecule has 0 aliphatic rings. The Hall–Kier alpha value is 0.500. The van der Waals surface area contributed by atoms with Crippen molar-refractivity contribution in [3.8, 4) is 0 Å². The lowest BCUT2D eigenvalue weighted by Gasteiger charge is -2.06. The van der Waals surface area contributed by atoms with Crippen molar-refractivity contribution in [2.24, 2.45) is 0 Å². The van der Waals surface area contributed by atoms with E-state index in [0.717, 1.165) is 21.2 Å². The summed E-state index contributed by atoms with van der Waals surface area (Å²) >= 11 is 11.7. The molecule has 7 heteroatoms. The minimum Gasteiger partial charge on any atom is -0.387 e. The Bertz CT molecular complexity index is 546. The molecular weight excluding hydrogens is 426 g/mol. The van der Waals surface area contributed by atoms with Crippen LogP contribution in [0.25, 0.3) is 11.0 Å². The van der Waals surface area contributed by atoms with Crippen LogP contribution in [0.4, 0.5) is 0 Å². The molecule has 1 atom stereocenters. The van der Waals surface area contributed by atoms with Crippen molar-refractivity contribution >= 4 is 68.9 Å². The zero-order chi connectivity index (χ0) is 11.9. The number of halogens is 3. The standard InChI is InChI=1S/C9H7BrClIN2OS/c1-4(15)7-2-5-8(11)6(10)3-13-9(5)14(7)16-12/h2-4,15H,1H3. The summed E-state index contributed by atoms with van der Waals surface area (Å²) < 4.78 is 2.63. The SMILES string of the molecule is CC(O)c1cc2c(Cl)c(Br)cnc2n1SI. The second-order valence-corrected chi connectivity index (χ2v) is 6.18. The molecule has 2 rings (SSSR count). The van der Waals surface area contributed by atoms with Crippen molar-refractivity contribution in [3.05, 3.63) is 27.5 Å². The third-order valence-corrected chi connectivity index (χ3v) is 5.14. The molecule has 1 unspecified atom stereocenters. The number of hydrogen-bond acceptors (Lipinski definition) is 3. The molecule has 1 N–H and O–H groups in total. The highest BCUT2D eigenvalue weighted by molar-refractivity contribution is 14.2. The van der Waals surface area contributed by atoms with E-state index >= 15 is 0 Å². The molecule has 0 radical (unpaired) electrons. The maximum Gasteiger partial charge on any atom is 0.152 e. The maximum absolute atomic E-state index is 9.68. The van der Waals surface area contributed by atoms with Gasteiger partial charge in [0.15, 0.2) is 5.65 Å². The minimum atomic E-state index is -0.550. The Morgan fingerprint density at radius 3 is 2.94 bits per heavy atom. The molecule has 0 fully saturated rings. The van der Waals surface area contributed by atoms with Gasteiger partial charge in [0.1, 0.15) is 0 Å². The van der Waals surface area contributed by atoms with Crippen molar-refractivity contribution < 1.29 is 5.11 Å². The maximum atomic E-state index is 9.68. The van der Waals surface area contributed by atoms with Crippen molar-refractivity contribution in [2.45, 2.75) is 13.0 Å². The van der Waals surface area contributed by atoms with E-state index in [-0.39, 0.29) is 0 Å². The van der Waals surface area contributed by atoms with Gasteiger partial charge in [-0.1, -0.05) is 11.6 Å². The monoisotopic (exact) mass is 432 g/mol. The smallest absolute Gasteiger partial charge is 0.152 e. The molecule has 0 saturated carbocycles. The average molecular weight is 433 g/mol. The van der Waals surface area contributed by atoms with E-state index in [1.807, 2.05) is 10.0 Å². The lowest BCUT2D eigenvalue weighted by molar-refractivity contribution is 0.194. The van der Waals surface area contributed by atoms with E-state index in [4.69, 9.17) is 11.6 Å². The average Bonchev–Trinajstić information content (AvgIpc) is 2.62. The van der Waals surface area contributed by atoms with Gasteiger partial charge in [-0.3, -0.25) is 3.97 Å². The lowest BCUT2D eigenvalue weighted by Crippen LogP contribution is -1.97. The molecule has 16 heavy (non-hydrogen) atoms. The molecule has 2 heterocycles. The highest BCUT2D eigenvalue weighted by atomic mass is 127. The normalized spacial score (nSPS) is 13.3. The zero-order valence-electron chi connectivity index (χ0n) is 8.12. The van der Waals surface area contributed by atoms with Gasteiger partial charge < -0.3 is 5.11 Å². The van der Waals surface area contributed by atoms with E-state index in [0.29, 0.717) is 5.02 Å². The number of aliphatic hydroxyl groups is 1. The van der Waals surface area contributed by atoms with Crippen molar-refractivity contribution in [1.29, 1.82) is 0 Å². The lowest BCUT2D eigenvalue weighted by atomic mass is 10.2. The number of aromatic nitrogens is 2. The van der Waals surface area contributed by atoms with Crippen LogP contribution < -0.4 is 0 Å². The second kappa shape index (κ2) is 5.01. The summed E-state index contributed by atoms with van der Waals surface area (Å²) in [6, 6.07) is 1.87. The largest absolute Gasteiger partial charge is 0.387 e. The van der Waals surface area contributed by atoms with Crippen LogP contribution in [0, 0.1) is 0 Å². The molecule has 2 aromatic heterocycles. The summed E-state index contributed by atoms with van der Waals surface area (Å²) in [7, 11) is 1.46. The topological polar surface area (TPSA) is 38.1 Å². The molecule has 0 aliphatic heterocycles. The Kier molecular flexibility index (Phi) is 4.05. The number of nitrogens with zero attached hydrogens (tertiary/aromatic N) is 2. The number of fused-ring (bicyclic) bond motifs is 1. The highest BCUT2D eigenvalue weighted by Crippen LogP contribution is 2.36. The number of hydrogen-bond donors (Lipinski definition) is 1. The summed E-state index contributed by atoms with van der Waals surface area (Å²) in [5, 5.41) is 11.1. The summed E-state index contributed by atoms with van der Waals surface area (Å²) in [5.74, 6) is 0. The first-order valence-electron chi connectivity index (χ1n) is 4.38. The first-order chi connectivity index (χ1) is 7.56. The van der Waals surface area contributed by atoms with Gasteiger partial charge in [0.25, 0.3) is 0 Å². The van der Waals surface area contributed by atoms with Gasteiger partial charge in [0.2, 0.25) is 0 Å². The Morgan fingerprint density at radius 2 is 2.38 bits per heavy atom. The summed E-state index contributed by atoms with van der Waals surface area (Å²) in [6.07, 6.45) is 1.12. The predicted octanol–water partition coefficient (Wildman–Crippen LogP) is 4.35. The second-order valence-electron chi connectivity index (χ2n) is 3.27. The third kappa shape index (κ3) is 2.10. The van der Waals surface area contributed by atoms with E-state index < -0.39 is 6.10 Å². The van der Waals surface area contributed by atoms with Crippen molar-refractivity contribution in [3.63, 3.8) is 0 Å². The summed E-state index contributed by atoms with van der Waals surface area (Å²) in [6.45, 7) is 1.72. The molecule has 2 aromatic rings. The molecule has 86 valence electrons. The third-order valence-electron chi connectivity index (χ3n) is 2.20. The first kappa shape index (κ1) is 12.9. The molecular formula is C9H7BrClIN2OS. The van der Waals surface area contributed by atoms with E-state index in [9.17, 15) is 5.11 Å². The van der Waals surface area contributed by atoms with Crippen LogP contribution in [0.3, 0.4) is 0 Å². The fourth-order valence-electron chi connectivity index (χ4n) is 1.45. The Balaban J connectivity index is 2.81. The first-order valence-corrected chi connectivity index (χ1v) is 8.87. The van der Waals surface area contributed by atoms with E-state index in [1.54, 1.807) is 13.1 Å². The van der Waals surface area contributed by atoms with E-state index in [1.165, 1.54) is 9.12 Å². The number of rotatable bonds is 2. The molecule has 0 aromatic carbocycles. The summed E-state index contributed by atoms with van der Waals surface area (Å²) in [4.78, 5) is 4.31. The van der Waals surface area contributed by atoms with Crippen molar-refractivity contribution in [1.82, 2.24) is 8.96 Å². The molecule has 0 aliphatic carbocycles. The van der Waals surface area contributed by atoms with Crippen LogP contribution >= 0.6 is 57.9 Å². The molecule has 3 nitrogen and oxygen atoms in total. The van der Waals surface area contributed by atoms with Crippen LogP contribution in [-0.2, 0) is 0 Å². The predicted molar refractivity (Wildman–Crippen MR) is 80.1 cm³/mol. The van der Waals surface area contributed by atoms with Crippen LogP contribution in [0.15, 0.2) is 16.7 Å². The fraction of sp³-hybridized carbons (Fsp3) is 0.222. The number of pyridine rings is 1. The van der Waals surface area contributed by atoms with Gasteiger partial charge in [-0.15, -0.1) is 0 Å². The van der Waals surface area contributed by atoms with Gasteiger partial charge in [0.05, 0.1) is 21.3 Å². The summed E-state index contributed by atoms with van der Waals surface area (Å²) in [5.41, 5.74) is 1.56. The van der Waals surface area contributed by atoms with Gasteiger partial charge in [-0.2, -0.15) is 0 Å². The molecule has 0 saturated heterocycles. The quantitative estimate of drug-likeness (QED) is 0.716. The Morgan fingerprint density at radius 1 is 1.69 bits per heavy atom. The van der Waals surface area contributed by atoms with Crippen molar-refractivity contribution in [2.75, 3.05) is 0 Å². The minimum absolute atomic E-state index is 0.550.